The first-order valence-electron chi connectivity index (χ1n) is 4.76. The lowest BCUT2D eigenvalue weighted by Gasteiger charge is -2.05. The van der Waals surface area contributed by atoms with Crippen LogP contribution in [0, 0.1) is 0 Å². The smallest absolute Gasteiger partial charge is 0.224 e. The Labute approximate surface area is 90.3 Å². The number of carbonyl (C=O) groups is 2. The standard InChI is InChI=1S/C9H11NO.C3H6O/c1-7(9(10)11)8-5-3-2-4-6-8;1-3(2)4/h2-7H,1H3,(H2,10,11);1-2H3. The van der Waals surface area contributed by atoms with Crippen LogP contribution in [0.25, 0.3) is 0 Å². The molecule has 3 heteroatoms. The van der Waals surface area contributed by atoms with Crippen LogP contribution in [-0.4, -0.2) is 11.7 Å². The molecule has 1 atom stereocenters. The summed E-state index contributed by atoms with van der Waals surface area (Å²) < 4.78 is 0. The van der Waals surface area contributed by atoms with E-state index in [2.05, 4.69) is 0 Å². The van der Waals surface area contributed by atoms with Gasteiger partial charge in [-0.25, -0.2) is 0 Å². The SMILES string of the molecule is CC(C(N)=O)c1ccccc1.CC(C)=O. The third-order valence-electron chi connectivity index (χ3n) is 1.73. The number of primary amides is 1. The van der Waals surface area contributed by atoms with Crippen molar-refractivity contribution in [1.29, 1.82) is 0 Å². The second-order valence-electron chi connectivity index (χ2n) is 3.44. The Hall–Kier alpha value is -1.64. The lowest BCUT2D eigenvalue weighted by atomic mass is 10.0. The van der Waals surface area contributed by atoms with Gasteiger partial charge in [-0.15, -0.1) is 0 Å². The van der Waals surface area contributed by atoms with E-state index in [1.54, 1.807) is 6.92 Å². The van der Waals surface area contributed by atoms with E-state index in [1.807, 2.05) is 30.3 Å². The highest BCUT2D eigenvalue weighted by Crippen LogP contribution is 2.12. The van der Waals surface area contributed by atoms with Crippen molar-refractivity contribution in [2.75, 3.05) is 0 Å². The number of carbonyl (C=O) groups excluding carboxylic acids is 2. The number of benzene rings is 1. The molecular weight excluding hydrogens is 190 g/mol. The van der Waals surface area contributed by atoms with Crippen LogP contribution in [0.3, 0.4) is 0 Å². The van der Waals surface area contributed by atoms with Crippen LogP contribution in [0.5, 0.6) is 0 Å². The van der Waals surface area contributed by atoms with Crippen molar-refractivity contribution in [1.82, 2.24) is 0 Å². The number of nitrogens with two attached hydrogens (primary N) is 1. The lowest BCUT2D eigenvalue weighted by molar-refractivity contribution is -0.119. The van der Waals surface area contributed by atoms with Gasteiger partial charge in [0.25, 0.3) is 0 Å². The highest BCUT2D eigenvalue weighted by Gasteiger charge is 2.09. The van der Waals surface area contributed by atoms with Gasteiger partial charge in [-0.1, -0.05) is 30.3 Å². The summed E-state index contributed by atoms with van der Waals surface area (Å²) in [7, 11) is 0. The predicted molar refractivity (Wildman–Crippen MR) is 60.4 cm³/mol. The van der Waals surface area contributed by atoms with E-state index >= 15 is 0 Å². The molecule has 0 heterocycles. The molecule has 1 rings (SSSR count). The summed E-state index contributed by atoms with van der Waals surface area (Å²) in [5, 5.41) is 0. The second kappa shape index (κ2) is 6.76. The molecule has 0 aliphatic heterocycles. The van der Waals surface area contributed by atoms with Crippen molar-refractivity contribution in [2.45, 2.75) is 26.7 Å². The summed E-state index contributed by atoms with van der Waals surface area (Å²) in [6.45, 7) is 4.86. The maximum absolute atomic E-state index is 10.7. The molecule has 0 fully saturated rings. The Balaban J connectivity index is 0.000000423. The molecule has 1 aromatic carbocycles. The van der Waals surface area contributed by atoms with Crippen LogP contribution in [0.4, 0.5) is 0 Å². The molecular formula is C12H17NO2. The molecule has 3 nitrogen and oxygen atoms in total. The Kier molecular flexibility index (Phi) is 6.02. The van der Waals surface area contributed by atoms with Crippen LogP contribution in [0.15, 0.2) is 30.3 Å². The molecule has 2 N–H and O–H groups in total. The molecule has 0 bridgehead atoms. The van der Waals surface area contributed by atoms with Crippen molar-refractivity contribution in [2.24, 2.45) is 5.73 Å². The van der Waals surface area contributed by atoms with E-state index in [0.29, 0.717) is 0 Å². The molecule has 82 valence electrons. The molecule has 1 amide bonds. The molecule has 0 aliphatic carbocycles. The van der Waals surface area contributed by atoms with Gasteiger partial charge in [-0.3, -0.25) is 4.79 Å². The molecule has 15 heavy (non-hydrogen) atoms. The molecule has 0 saturated heterocycles. The van der Waals surface area contributed by atoms with Crippen molar-refractivity contribution >= 4 is 11.7 Å². The van der Waals surface area contributed by atoms with E-state index in [4.69, 9.17) is 5.73 Å². The minimum atomic E-state index is -0.281. The first kappa shape index (κ1) is 13.4. The summed E-state index contributed by atoms with van der Waals surface area (Å²) in [5.74, 6) is -0.299. The van der Waals surface area contributed by atoms with Gasteiger partial charge in [0.15, 0.2) is 0 Å². The summed E-state index contributed by atoms with van der Waals surface area (Å²) in [6, 6.07) is 9.51. The average Bonchev–Trinajstić information content (AvgIpc) is 2.17. The fourth-order valence-electron chi connectivity index (χ4n) is 0.906. The minimum Gasteiger partial charge on any atom is -0.369 e. The second-order valence-corrected chi connectivity index (χ2v) is 3.44. The maximum atomic E-state index is 10.7. The van der Waals surface area contributed by atoms with Crippen LogP contribution in [0.2, 0.25) is 0 Å². The van der Waals surface area contributed by atoms with Gasteiger partial charge >= 0.3 is 0 Å². The number of rotatable bonds is 2. The van der Waals surface area contributed by atoms with Crippen LogP contribution in [-0.2, 0) is 9.59 Å². The number of hydrogen-bond acceptors (Lipinski definition) is 2. The number of hydrogen-bond donors (Lipinski definition) is 1. The molecule has 1 unspecified atom stereocenters. The van der Waals surface area contributed by atoms with Gasteiger partial charge in [0.1, 0.15) is 5.78 Å². The van der Waals surface area contributed by atoms with Gasteiger partial charge in [-0.2, -0.15) is 0 Å². The van der Waals surface area contributed by atoms with Crippen molar-refractivity contribution in [3.8, 4) is 0 Å². The van der Waals surface area contributed by atoms with Crippen LogP contribution >= 0.6 is 0 Å². The fraction of sp³-hybridized carbons (Fsp3) is 0.333. The van der Waals surface area contributed by atoms with Gasteiger partial charge < -0.3 is 10.5 Å². The van der Waals surface area contributed by atoms with Gasteiger partial charge in [0.05, 0.1) is 5.92 Å². The fourth-order valence-corrected chi connectivity index (χ4v) is 0.906. The minimum absolute atomic E-state index is 0.167. The predicted octanol–water partition coefficient (Wildman–Crippen LogP) is 1.87. The van der Waals surface area contributed by atoms with Crippen molar-refractivity contribution < 1.29 is 9.59 Å². The maximum Gasteiger partial charge on any atom is 0.224 e. The number of ketones is 1. The zero-order valence-corrected chi connectivity index (χ0v) is 9.36. The Morgan fingerprint density at radius 2 is 1.53 bits per heavy atom. The number of Topliss-reactive ketones (excluding diaryl/α,β-unsaturated/α-hetero) is 1. The van der Waals surface area contributed by atoms with Crippen LogP contribution < -0.4 is 5.73 Å². The molecule has 0 radical (unpaired) electrons. The van der Waals surface area contributed by atoms with Crippen molar-refractivity contribution in [3.63, 3.8) is 0 Å². The van der Waals surface area contributed by atoms with E-state index < -0.39 is 0 Å². The normalized spacial score (nSPS) is 10.9. The summed E-state index contributed by atoms with van der Waals surface area (Å²) >= 11 is 0. The molecule has 0 spiro atoms. The molecule has 0 aliphatic rings. The van der Waals surface area contributed by atoms with E-state index in [-0.39, 0.29) is 17.6 Å². The summed E-state index contributed by atoms with van der Waals surface area (Å²) in [6.07, 6.45) is 0. The Bertz CT molecular complexity index is 316. The third kappa shape index (κ3) is 6.43. The van der Waals surface area contributed by atoms with Crippen molar-refractivity contribution in [3.05, 3.63) is 35.9 Å². The summed E-state index contributed by atoms with van der Waals surface area (Å²) in [4.78, 5) is 20.2. The number of amides is 1. The van der Waals surface area contributed by atoms with Gasteiger partial charge in [-0.05, 0) is 26.3 Å². The Morgan fingerprint density at radius 3 is 1.87 bits per heavy atom. The average molecular weight is 207 g/mol. The monoisotopic (exact) mass is 207 g/mol. The van der Waals surface area contributed by atoms with E-state index in [0.717, 1.165) is 5.56 Å². The molecule has 1 aromatic rings. The van der Waals surface area contributed by atoms with Crippen LogP contribution in [0.1, 0.15) is 32.3 Å². The van der Waals surface area contributed by atoms with Gasteiger partial charge in [0, 0.05) is 0 Å². The Morgan fingerprint density at radius 1 is 1.13 bits per heavy atom. The zero-order valence-electron chi connectivity index (χ0n) is 9.36. The largest absolute Gasteiger partial charge is 0.369 e. The third-order valence-corrected chi connectivity index (χ3v) is 1.73. The van der Waals surface area contributed by atoms with Gasteiger partial charge in [0.2, 0.25) is 5.91 Å². The summed E-state index contributed by atoms with van der Waals surface area (Å²) in [5.41, 5.74) is 6.10. The highest BCUT2D eigenvalue weighted by atomic mass is 16.1. The zero-order chi connectivity index (χ0) is 11.8. The highest BCUT2D eigenvalue weighted by molar-refractivity contribution is 5.81. The quantitative estimate of drug-likeness (QED) is 0.804. The first-order valence-corrected chi connectivity index (χ1v) is 4.76. The topological polar surface area (TPSA) is 60.2 Å². The van der Waals surface area contributed by atoms with E-state index in [1.165, 1.54) is 13.8 Å². The lowest BCUT2D eigenvalue weighted by Crippen LogP contribution is -2.18. The van der Waals surface area contributed by atoms with E-state index in [9.17, 15) is 9.59 Å². The molecule has 0 aromatic heterocycles. The molecule has 0 saturated carbocycles. The first-order chi connectivity index (χ1) is 6.95.